The maximum absolute atomic E-state index is 13.9. The molecular formula is C18H14ClFN4O2. The highest BCUT2D eigenvalue weighted by atomic mass is 35.5. The van der Waals surface area contributed by atoms with Gasteiger partial charge in [0.2, 0.25) is 0 Å². The van der Waals surface area contributed by atoms with Crippen LogP contribution >= 0.6 is 11.6 Å². The van der Waals surface area contributed by atoms with Crippen molar-refractivity contribution in [1.82, 2.24) is 10.6 Å². The standard InChI is InChI=1S/C18H14ClFN4O2/c19-16-11(3-1-4-12(16)20)14-10(9-21)5-6-13(25)15(14)17(26)24-18-22-7-2-8-23-18/h1,3-6,25H,2,7-8H2,(H2,22,23,24,26). The van der Waals surface area contributed by atoms with E-state index < -0.39 is 11.7 Å². The van der Waals surface area contributed by atoms with Crippen LogP contribution in [0, 0.1) is 17.1 Å². The first-order valence-corrected chi connectivity index (χ1v) is 8.22. The normalized spacial score (nSPS) is 13.3. The van der Waals surface area contributed by atoms with Gasteiger partial charge >= 0.3 is 0 Å². The van der Waals surface area contributed by atoms with Gasteiger partial charge in [-0.3, -0.25) is 4.79 Å². The molecule has 1 heterocycles. The number of phenolic OH excluding ortho intramolecular Hbond substituents is 1. The first-order valence-electron chi connectivity index (χ1n) is 7.84. The highest BCUT2D eigenvalue weighted by Crippen LogP contribution is 2.38. The van der Waals surface area contributed by atoms with Gasteiger partial charge in [0, 0.05) is 24.2 Å². The van der Waals surface area contributed by atoms with Crippen LogP contribution in [0.4, 0.5) is 4.39 Å². The first-order chi connectivity index (χ1) is 12.5. The lowest BCUT2D eigenvalue weighted by molar-refractivity contribution is 0.1000. The van der Waals surface area contributed by atoms with Crippen LogP contribution in [0.1, 0.15) is 22.3 Å². The molecule has 1 amide bonds. The number of carbonyl (C=O) groups is 1. The van der Waals surface area contributed by atoms with E-state index in [1.165, 1.54) is 24.3 Å². The van der Waals surface area contributed by atoms with E-state index >= 15 is 0 Å². The van der Waals surface area contributed by atoms with E-state index in [-0.39, 0.29) is 39.0 Å². The Morgan fingerprint density at radius 2 is 2.00 bits per heavy atom. The fourth-order valence-electron chi connectivity index (χ4n) is 2.68. The van der Waals surface area contributed by atoms with E-state index in [0.29, 0.717) is 13.1 Å². The fraction of sp³-hybridized carbons (Fsp3) is 0.167. The molecule has 0 atom stereocenters. The maximum Gasteiger partial charge on any atom is 0.284 e. The van der Waals surface area contributed by atoms with Gasteiger partial charge in [0.25, 0.3) is 5.91 Å². The highest BCUT2D eigenvalue weighted by Gasteiger charge is 2.24. The van der Waals surface area contributed by atoms with Crippen molar-refractivity contribution in [2.75, 3.05) is 13.1 Å². The number of nitrogens with zero attached hydrogens (tertiary/aromatic N) is 2. The Hall–Kier alpha value is -3.11. The molecule has 1 saturated heterocycles. The van der Waals surface area contributed by atoms with Crippen molar-refractivity contribution in [2.24, 2.45) is 4.99 Å². The number of aromatic hydroxyl groups is 1. The summed E-state index contributed by atoms with van der Waals surface area (Å²) in [6.45, 7) is 1.32. The molecule has 1 fully saturated rings. The van der Waals surface area contributed by atoms with Crippen molar-refractivity contribution in [2.45, 2.75) is 6.42 Å². The molecule has 6 nitrogen and oxygen atoms in total. The minimum absolute atomic E-state index is 0.0437. The van der Waals surface area contributed by atoms with Crippen molar-refractivity contribution in [3.8, 4) is 22.9 Å². The number of hydrogen-bond acceptors (Lipinski definition) is 3. The van der Waals surface area contributed by atoms with Crippen molar-refractivity contribution >= 4 is 23.5 Å². The van der Waals surface area contributed by atoms with Crippen molar-refractivity contribution in [3.05, 3.63) is 52.3 Å². The monoisotopic (exact) mass is 372 g/mol. The Balaban J connectivity index is 2.20. The Bertz CT molecular complexity index is 945. The van der Waals surface area contributed by atoms with Gasteiger partial charge in [-0.1, -0.05) is 23.7 Å². The Morgan fingerprint density at radius 1 is 1.27 bits per heavy atom. The van der Waals surface area contributed by atoms with Crippen LogP contribution in [-0.4, -0.2) is 30.1 Å². The van der Waals surface area contributed by atoms with Crippen LogP contribution in [0.25, 0.3) is 11.1 Å². The lowest BCUT2D eigenvalue weighted by Crippen LogP contribution is -2.44. The predicted octanol–water partition coefficient (Wildman–Crippen LogP) is 2.80. The number of phenols is 1. The smallest absolute Gasteiger partial charge is 0.284 e. The zero-order valence-electron chi connectivity index (χ0n) is 13.5. The topological polar surface area (TPSA) is 97.5 Å². The molecule has 1 aliphatic heterocycles. The van der Waals surface area contributed by atoms with Crippen LogP contribution in [0.2, 0.25) is 5.02 Å². The van der Waals surface area contributed by atoms with Crippen molar-refractivity contribution in [1.29, 1.82) is 5.26 Å². The molecular weight excluding hydrogens is 359 g/mol. The van der Waals surface area contributed by atoms with Crippen LogP contribution in [-0.2, 0) is 0 Å². The van der Waals surface area contributed by atoms with Crippen LogP contribution in [0.3, 0.4) is 0 Å². The van der Waals surface area contributed by atoms with Gasteiger partial charge in [0.05, 0.1) is 22.2 Å². The summed E-state index contributed by atoms with van der Waals surface area (Å²) >= 11 is 6.04. The molecule has 0 saturated carbocycles. The summed E-state index contributed by atoms with van der Waals surface area (Å²) in [7, 11) is 0. The average Bonchev–Trinajstić information content (AvgIpc) is 2.64. The van der Waals surface area contributed by atoms with E-state index in [1.54, 1.807) is 0 Å². The number of hydrogen-bond donors (Lipinski definition) is 3. The molecule has 132 valence electrons. The average molecular weight is 373 g/mol. The lowest BCUT2D eigenvalue weighted by atomic mass is 9.93. The molecule has 1 aliphatic rings. The number of benzene rings is 2. The van der Waals surface area contributed by atoms with Gasteiger partial charge in [-0.2, -0.15) is 10.3 Å². The minimum Gasteiger partial charge on any atom is -0.507 e. The third-order valence-electron chi connectivity index (χ3n) is 3.89. The number of nitrogens with one attached hydrogen (secondary N) is 2. The molecule has 2 aromatic carbocycles. The lowest BCUT2D eigenvalue weighted by Gasteiger charge is -2.18. The van der Waals surface area contributed by atoms with Gasteiger partial charge in [-0.05, 0) is 24.6 Å². The Labute approximate surface area is 153 Å². The van der Waals surface area contributed by atoms with E-state index in [0.717, 1.165) is 12.5 Å². The maximum atomic E-state index is 13.9. The number of aliphatic imine (C=N–C) groups is 1. The summed E-state index contributed by atoms with van der Waals surface area (Å²) in [6.07, 6.45) is 0.881. The summed E-state index contributed by atoms with van der Waals surface area (Å²) < 4.78 is 13.9. The molecule has 0 aromatic heterocycles. The summed E-state index contributed by atoms with van der Waals surface area (Å²) in [4.78, 5) is 16.6. The second-order valence-corrected chi connectivity index (χ2v) is 5.95. The van der Waals surface area contributed by atoms with Gasteiger partial charge < -0.3 is 15.7 Å². The number of halogens is 2. The second kappa shape index (κ2) is 7.42. The second-order valence-electron chi connectivity index (χ2n) is 5.57. The summed E-state index contributed by atoms with van der Waals surface area (Å²) in [5, 5.41) is 25.3. The van der Waals surface area contributed by atoms with Crippen molar-refractivity contribution < 1.29 is 14.3 Å². The van der Waals surface area contributed by atoms with E-state index in [2.05, 4.69) is 15.6 Å². The van der Waals surface area contributed by atoms with E-state index in [1.807, 2.05) is 6.07 Å². The number of carbonyl (C=O) groups excluding carboxylic acids is 1. The SMILES string of the molecule is N#Cc1ccc(O)c(C(=O)N=C2NCCCN2)c1-c1cccc(F)c1Cl. The first kappa shape index (κ1) is 17.7. The fourth-order valence-corrected chi connectivity index (χ4v) is 2.90. The van der Waals surface area contributed by atoms with Crippen LogP contribution in [0.15, 0.2) is 35.3 Å². The predicted molar refractivity (Wildman–Crippen MR) is 95.6 cm³/mol. The summed E-state index contributed by atoms with van der Waals surface area (Å²) in [5.41, 5.74) is 0.0380. The van der Waals surface area contributed by atoms with Crippen LogP contribution < -0.4 is 10.6 Å². The molecule has 3 rings (SSSR count). The minimum atomic E-state index is -0.771. The van der Waals surface area contributed by atoms with E-state index in [9.17, 15) is 19.6 Å². The molecule has 26 heavy (non-hydrogen) atoms. The largest absolute Gasteiger partial charge is 0.507 e. The Kier molecular flexibility index (Phi) is 5.05. The molecule has 0 aliphatic carbocycles. The molecule has 0 radical (unpaired) electrons. The van der Waals surface area contributed by atoms with Crippen molar-refractivity contribution in [3.63, 3.8) is 0 Å². The summed E-state index contributed by atoms with van der Waals surface area (Å²) in [6, 6.07) is 8.56. The van der Waals surface area contributed by atoms with Crippen LogP contribution in [0.5, 0.6) is 5.75 Å². The molecule has 3 N–H and O–H groups in total. The third kappa shape index (κ3) is 3.32. The molecule has 0 bridgehead atoms. The van der Waals surface area contributed by atoms with Gasteiger partial charge in [0.15, 0.2) is 5.96 Å². The number of nitriles is 1. The molecule has 2 aromatic rings. The number of rotatable bonds is 2. The zero-order valence-corrected chi connectivity index (χ0v) is 14.3. The highest BCUT2D eigenvalue weighted by molar-refractivity contribution is 6.34. The molecule has 0 unspecified atom stereocenters. The molecule has 8 heteroatoms. The number of amides is 1. The van der Waals surface area contributed by atoms with E-state index in [4.69, 9.17) is 11.6 Å². The Morgan fingerprint density at radius 3 is 2.69 bits per heavy atom. The van der Waals surface area contributed by atoms with Gasteiger partial charge in [-0.15, -0.1) is 0 Å². The van der Waals surface area contributed by atoms with Gasteiger partial charge in [-0.25, -0.2) is 4.39 Å². The third-order valence-corrected chi connectivity index (χ3v) is 4.27. The van der Waals surface area contributed by atoms with Gasteiger partial charge in [0.1, 0.15) is 11.6 Å². The zero-order chi connectivity index (χ0) is 18.7. The molecule has 0 spiro atoms. The number of guanidine groups is 1. The summed E-state index contributed by atoms with van der Waals surface area (Å²) in [5.74, 6) is -1.56. The quantitative estimate of drug-likeness (QED) is 0.753.